The molecule has 6 heteroatoms. The Labute approximate surface area is 122 Å². The van der Waals surface area contributed by atoms with E-state index in [1.165, 1.54) is 23.1 Å². The molecule has 0 saturated heterocycles. The molecule has 0 bridgehead atoms. The number of carbonyl (C=O) groups is 1. The summed E-state index contributed by atoms with van der Waals surface area (Å²) in [7, 11) is 1.57. The van der Waals surface area contributed by atoms with E-state index in [4.69, 9.17) is 4.74 Å². The smallest absolute Gasteiger partial charge is 0.260 e. The number of benzene rings is 1. The molecular formula is C15H20FNO4. The van der Waals surface area contributed by atoms with Crippen LogP contribution in [0.25, 0.3) is 0 Å². The van der Waals surface area contributed by atoms with Crippen molar-refractivity contribution in [3.8, 4) is 5.75 Å². The van der Waals surface area contributed by atoms with Gasteiger partial charge in [0.25, 0.3) is 5.91 Å². The summed E-state index contributed by atoms with van der Waals surface area (Å²) in [6, 6.07) is 5.14. The molecule has 0 aliphatic heterocycles. The average Bonchev–Trinajstić information content (AvgIpc) is 2.47. The Morgan fingerprint density at radius 1 is 1.43 bits per heavy atom. The van der Waals surface area contributed by atoms with Gasteiger partial charge in [-0.1, -0.05) is 6.07 Å². The number of nitrogens with zero attached hydrogens (tertiary/aromatic N) is 1. The van der Waals surface area contributed by atoms with Crippen LogP contribution in [0.2, 0.25) is 0 Å². The molecule has 0 radical (unpaired) electrons. The Kier molecular flexibility index (Phi) is 5.14. The summed E-state index contributed by atoms with van der Waals surface area (Å²) in [5.74, 6) is -0.475. The molecule has 2 rings (SSSR count). The monoisotopic (exact) mass is 297 g/mol. The molecule has 1 aromatic rings. The van der Waals surface area contributed by atoms with Crippen molar-refractivity contribution in [3.05, 3.63) is 30.1 Å². The lowest BCUT2D eigenvalue weighted by molar-refractivity contribution is -0.140. The number of rotatable bonds is 4. The minimum atomic E-state index is -0.943. The van der Waals surface area contributed by atoms with Gasteiger partial charge >= 0.3 is 0 Å². The first-order valence-corrected chi connectivity index (χ1v) is 6.99. The molecule has 0 heterocycles. The van der Waals surface area contributed by atoms with E-state index in [0.29, 0.717) is 12.8 Å². The molecule has 1 aliphatic carbocycles. The van der Waals surface area contributed by atoms with Crippen LogP contribution in [0.15, 0.2) is 24.3 Å². The van der Waals surface area contributed by atoms with Gasteiger partial charge in [-0.3, -0.25) is 4.79 Å². The molecule has 0 aromatic heterocycles. The second-order valence-corrected chi connectivity index (χ2v) is 5.31. The highest BCUT2D eigenvalue weighted by Gasteiger charge is 2.34. The van der Waals surface area contributed by atoms with Crippen LogP contribution in [0.3, 0.4) is 0 Å². The number of amides is 1. The molecule has 0 spiro atoms. The van der Waals surface area contributed by atoms with Crippen LogP contribution < -0.4 is 4.74 Å². The number of aliphatic hydroxyl groups excluding tert-OH is 2. The predicted molar refractivity (Wildman–Crippen MR) is 74.3 cm³/mol. The minimum Gasteiger partial charge on any atom is -0.484 e. The normalized spacial score (nSPS) is 25.4. The summed E-state index contributed by atoms with van der Waals surface area (Å²) in [5.41, 5.74) is 0. The van der Waals surface area contributed by atoms with Crippen molar-refractivity contribution < 1.29 is 24.1 Å². The topological polar surface area (TPSA) is 70.0 Å². The first-order valence-electron chi connectivity index (χ1n) is 6.99. The molecule has 1 amide bonds. The van der Waals surface area contributed by atoms with E-state index in [9.17, 15) is 19.4 Å². The summed E-state index contributed by atoms with van der Waals surface area (Å²) in [4.78, 5) is 13.5. The number of hydrogen-bond donors (Lipinski definition) is 2. The van der Waals surface area contributed by atoms with Crippen molar-refractivity contribution in [2.24, 2.45) is 0 Å². The zero-order valence-electron chi connectivity index (χ0n) is 11.9. The molecule has 1 aliphatic rings. The SMILES string of the molecule is CN(C(=O)COc1cccc(F)c1)[C@@H]1CCC[C@@H](O)[C@@H]1O. The van der Waals surface area contributed by atoms with Crippen LogP contribution in [0.1, 0.15) is 19.3 Å². The van der Waals surface area contributed by atoms with E-state index in [1.54, 1.807) is 13.1 Å². The first kappa shape index (κ1) is 15.7. The quantitative estimate of drug-likeness (QED) is 0.867. The van der Waals surface area contributed by atoms with Crippen molar-refractivity contribution in [2.75, 3.05) is 13.7 Å². The van der Waals surface area contributed by atoms with E-state index >= 15 is 0 Å². The second-order valence-electron chi connectivity index (χ2n) is 5.31. The van der Waals surface area contributed by atoms with Gasteiger partial charge in [0.1, 0.15) is 17.7 Å². The molecule has 1 aromatic carbocycles. The summed E-state index contributed by atoms with van der Waals surface area (Å²) >= 11 is 0. The Balaban J connectivity index is 1.90. The molecule has 0 unspecified atom stereocenters. The number of hydrogen-bond acceptors (Lipinski definition) is 4. The van der Waals surface area contributed by atoms with Gasteiger partial charge < -0.3 is 19.8 Å². The number of likely N-dealkylation sites (N-methyl/N-ethyl adjacent to an activating group) is 1. The molecular weight excluding hydrogens is 277 g/mol. The van der Waals surface area contributed by atoms with Gasteiger partial charge in [0, 0.05) is 13.1 Å². The van der Waals surface area contributed by atoms with Gasteiger partial charge in [-0.15, -0.1) is 0 Å². The zero-order chi connectivity index (χ0) is 15.4. The van der Waals surface area contributed by atoms with Gasteiger partial charge in [-0.2, -0.15) is 0 Å². The van der Waals surface area contributed by atoms with Crippen molar-refractivity contribution in [1.82, 2.24) is 4.90 Å². The summed E-state index contributed by atoms with van der Waals surface area (Å²) in [6.45, 7) is -0.237. The molecule has 5 nitrogen and oxygen atoms in total. The van der Waals surface area contributed by atoms with Crippen LogP contribution in [0, 0.1) is 5.82 Å². The molecule has 21 heavy (non-hydrogen) atoms. The Morgan fingerprint density at radius 2 is 2.19 bits per heavy atom. The van der Waals surface area contributed by atoms with E-state index < -0.39 is 24.1 Å². The van der Waals surface area contributed by atoms with Gasteiger partial charge in [0.15, 0.2) is 6.61 Å². The van der Waals surface area contributed by atoms with Crippen LogP contribution >= 0.6 is 0 Å². The van der Waals surface area contributed by atoms with Crippen LogP contribution in [0.5, 0.6) is 5.75 Å². The number of carbonyl (C=O) groups excluding carboxylic acids is 1. The summed E-state index contributed by atoms with van der Waals surface area (Å²) in [5, 5.41) is 19.6. The lowest BCUT2D eigenvalue weighted by atomic mass is 9.89. The van der Waals surface area contributed by atoms with Gasteiger partial charge in [-0.05, 0) is 31.4 Å². The standard InChI is InChI=1S/C15H20FNO4/c1-17(12-6-3-7-13(18)15(12)20)14(19)9-21-11-5-2-4-10(16)8-11/h2,4-5,8,12-13,15,18,20H,3,6-7,9H2,1H3/t12-,13-,15-/m1/s1. The van der Waals surface area contributed by atoms with Crippen LogP contribution in [-0.4, -0.2) is 52.9 Å². The summed E-state index contributed by atoms with van der Waals surface area (Å²) < 4.78 is 18.2. The minimum absolute atomic E-state index is 0.237. The van der Waals surface area contributed by atoms with E-state index in [1.807, 2.05) is 0 Å². The Morgan fingerprint density at radius 3 is 2.90 bits per heavy atom. The maximum Gasteiger partial charge on any atom is 0.260 e. The van der Waals surface area contributed by atoms with Gasteiger partial charge in [0.05, 0.1) is 12.1 Å². The van der Waals surface area contributed by atoms with E-state index in [2.05, 4.69) is 0 Å². The molecule has 1 fully saturated rings. The lowest BCUT2D eigenvalue weighted by Crippen LogP contribution is -2.52. The van der Waals surface area contributed by atoms with E-state index in [-0.39, 0.29) is 18.3 Å². The molecule has 3 atom stereocenters. The third-order valence-electron chi connectivity index (χ3n) is 3.84. The van der Waals surface area contributed by atoms with Crippen LogP contribution in [0.4, 0.5) is 4.39 Å². The fraction of sp³-hybridized carbons (Fsp3) is 0.533. The maximum atomic E-state index is 13.0. The third kappa shape index (κ3) is 3.92. The van der Waals surface area contributed by atoms with Gasteiger partial charge in [0.2, 0.25) is 0 Å². The maximum absolute atomic E-state index is 13.0. The molecule has 1 saturated carbocycles. The number of ether oxygens (including phenoxy) is 1. The Hall–Kier alpha value is -1.66. The number of aliphatic hydroxyl groups is 2. The fourth-order valence-corrected chi connectivity index (χ4v) is 2.55. The second kappa shape index (κ2) is 6.87. The third-order valence-corrected chi connectivity index (χ3v) is 3.84. The predicted octanol–water partition coefficient (Wildman–Crippen LogP) is 0.937. The highest BCUT2D eigenvalue weighted by atomic mass is 19.1. The summed E-state index contributed by atoms with van der Waals surface area (Å²) in [6.07, 6.45) is 0.190. The van der Waals surface area contributed by atoms with Crippen molar-refractivity contribution in [1.29, 1.82) is 0 Å². The highest BCUT2D eigenvalue weighted by Crippen LogP contribution is 2.23. The first-order chi connectivity index (χ1) is 9.99. The van der Waals surface area contributed by atoms with Crippen molar-refractivity contribution in [2.45, 2.75) is 37.5 Å². The van der Waals surface area contributed by atoms with Crippen LogP contribution in [-0.2, 0) is 4.79 Å². The zero-order valence-corrected chi connectivity index (χ0v) is 11.9. The van der Waals surface area contributed by atoms with E-state index in [0.717, 1.165) is 6.42 Å². The fourth-order valence-electron chi connectivity index (χ4n) is 2.55. The lowest BCUT2D eigenvalue weighted by Gasteiger charge is -2.37. The van der Waals surface area contributed by atoms with Crippen molar-refractivity contribution in [3.63, 3.8) is 0 Å². The highest BCUT2D eigenvalue weighted by molar-refractivity contribution is 5.77. The van der Waals surface area contributed by atoms with Gasteiger partial charge in [-0.25, -0.2) is 4.39 Å². The van der Waals surface area contributed by atoms with Crippen molar-refractivity contribution >= 4 is 5.91 Å². The Bertz CT molecular complexity index is 496. The molecule has 116 valence electrons. The average molecular weight is 297 g/mol. The largest absolute Gasteiger partial charge is 0.484 e. The number of halogens is 1. The molecule has 2 N–H and O–H groups in total.